The van der Waals surface area contributed by atoms with Gasteiger partial charge in [-0.1, -0.05) is 29.3 Å². The monoisotopic (exact) mass is 282 g/mol. The normalized spacial score (nSPS) is 12.2. The largest absolute Gasteiger partial charge is 0.439 e. The number of nitrogens with two attached hydrogens (primary N) is 1. The Kier molecular flexibility index (Phi) is 4.07. The van der Waals surface area contributed by atoms with Gasteiger partial charge in [0.15, 0.2) is 0 Å². The maximum atomic E-state index is 5.93. The molecule has 0 spiro atoms. The number of aromatic nitrogens is 1. The molecule has 0 bridgehead atoms. The smallest absolute Gasteiger partial charge is 0.223 e. The fraction of sp³-hybridized carbons (Fsp3) is 0.154. The molecule has 2 aromatic rings. The van der Waals surface area contributed by atoms with Crippen molar-refractivity contribution < 1.29 is 4.74 Å². The van der Waals surface area contributed by atoms with Crippen molar-refractivity contribution in [3.8, 4) is 11.6 Å². The first-order valence-corrected chi connectivity index (χ1v) is 6.17. The third-order valence-corrected chi connectivity index (χ3v) is 3.14. The number of nitrogens with zero attached hydrogens (tertiary/aromatic N) is 1. The molecule has 2 N–H and O–H groups in total. The highest BCUT2D eigenvalue weighted by Gasteiger charge is 2.10. The van der Waals surface area contributed by atoms with Gasteiger partial charge in [0.25, 0.3) is 0 Å². The van der Waals surface area contributed by atoms with Crippen molar-refractivity contribution in [3.63, 3.8) is 0 Å². The lowest BCUT2D eigenvalue weighted by molar-refractivity contribution is 0.452. The summed E-state index contributed by atoms with van der Waals surface area (Å²) in [4.78, 5) is 4.17. The van der Waals surface area contributed by atoms with Crippen LogP contribution in [0.15, 0.2) is 36.5 Å². The summed E-state index contributed by atoms with van der Waals surface area (Å²) >= 11 is 11.8. The van der Waals surface area contributed by atoms with E-state index < -0.39 is 0 Å². The molecule has 5 heteroatoms. The number of ether oxygens (including phenoxy) is 1. The van der Waals surface area contributed by atoms with Crippen LogP contribution in [0.3, 0.4) is 0 Å². The van der Waals surface area contributed by atoms with Crippen LogP contribution in [0.5, 0.6) is 11.6 Å². The van der Waals surface area contributed by atoms with Crippen molar-refractivity contribution in [2.24, 2.45) is 5.73 Å². The Labute approximate surface area is 115 Å². The zero-order chi connectivity index (χ0) is 13.1. The van der Waals surface area contributed by atoms with E-state index in [0.717, 1.165) is 5.56 Å². The molecule has 94 valence electrons. The molecule has 0 aliphatic carbocycles. The molecule has 0 fully saturated rings. The zero-order valence-corrected chi connectivity index (χ0v) is 11.2. The van der Waals surface area contributed by atoms with E-state index in [4.69, 9.17) is 33.7 Å². The van der Waals surface area contributed by atoms with Crippen LogP contribution in [0.25, 0.3) is 0 Å². The minimum absolute atomic E-state index is 0.156. The summed E-state index contributed by atoms with van der Waals surface area (Å²) in [5.41, 5.74) is 6.69. The van der Waals surface area contributed by atoms with Gasteiger partial charge < -0.3 is 10.5 Å². The summed E-state index contributed by atoms with van der Waals surface area (Å²) in [6, 6.07) is 8.59. The number of halogens is 2. The fourth-order valence-electron chi connectivity index (χ4n) is 1.49. The molecule has 1 atom stereocenters. The lowest BCUT2D eigenvalue weighted by Gasteiger charge is -2.12. The third-order valence-electron chi connectivity index (χ3n) is 2.40. The highest BCUT2D eigenvalue weighted by molar-refractivity contribution is 6.42. The number of benzene rings is 1. The summed E-state index contributed by atoms with van der Waals surface area (Å²) in [6.45, 7) is 1.87. The topological polar surface area (TPSA) is 48.1 Å². The first-order chi connectivity index (χ1) is 8.58. The maximum Gasteiger partial charge on any atom is 0.223 e. The third kappa shape index (κ3) is 2.93. The molecule has 2 rings (SSSR count). The Morgan fingerprint density at radius 1 is 1.22 bits per heavy atom. The van der Waals surface area contributed by atoms with Gasteiger partial charge >= 0.3 is 0 Å². The van der Waals surface area contributed by atoms with Gasteiger partial charge in [0, 0.05) is 23.9 Å². The van der Waals surface area contributed by atoms with Gasteiger partial charge in [0.05, 0.1) is 10.0 Å². The number of rotatable bonds is 3. The van der Waals surface area contributed by atoms with Gasteiger partial charge in [0.2, 0.25) is 5.88 Å². The van der Waals surface area contributed by atoms with Gasteiger partial charge in [0.1, 0.15) is 5.75 Å². The van der Waals surface area contributed by atoms with Crippen molar-refractivity contribution in [1.29, 1.82) is 0 Å². The fourth-order valence-corrected chi connectivity index (χ4v) is 1.78. The van der Waals surface area contributed by atoms with Crippen LogP contribution < -0.4 is 10.5 Å². The quantitative estimate of drug-likeness (QED) is 0.918. The SMILES string of the molecule is C[C@@H](N)c1cccnc1Oc1ccc(Cl)c(Cl)c1. The highest BCUT2D eigenvalue weighted by Crippen LogP contribution is 2.31. The summed E-state index contributed by atoms with van der Waals surface area (Å²) < 4.78 is 5.67. The first kappa shape index (κ1) is 13.1. The first-order valence-electron chi connectivity index (χ1n) is 5.41. The Morgan fingerprint density at radius 3 is 2.67 bits per heavy atom. The van der Waals surface area contributed by atoms with E-state index in [0.29, 0.717) is 21.7 Å². The van der Waals surface area contributed by atoms with Crippen LogP contribution in [0.1, 0.15) is 18.5 Å². The van der Waals surface area contributed by atoms with Gasteiger partial charge in [-0.3, -0.25) is 0 Å². The molecular formula is C13H12Cl2N2O. The van der Waals surface area contributed by atoms with Crippen LogP contribution >= 0.6 is 23.2 Å². The van der Waals surface area contributed by atoms with Crippen LogP contribution in [0.2, 0.25) is 10.0 Å². The second kappa shape index (κ2) is 5.57. The predicted molar refractivity (Wildman–Crippen MR) is 73.4 cm³/mol. The lowest BCUT2D eigenvalue weighted by Crippen LogP contribution is -2.07. The molecule has 0 aliphatic heterocycles. The van der Waals surface area contributed by atoms with Crippen LogP contribution in [-0.4, -0.2) is 4.98 Å². The molecule has 18 heavy (non-hydrogen) atoms. The van der Waals surface area contributed by atoms with Gasteiger partial charge in [-0.2, -0.15) is 0 Å². The Hall–Kier alpha value is -1.29. The molecular weight excluding hydrogens is 271 g/mol. The average Bonchev–Trinajstić information content (AvgIpc) is 2.34. The maximum absolute atomic E-state index is 5.93. The molecule has 3 nitrogen and oxygen atoms in total. The van der Waals surface area contributed by atoms with Crippen molar-refractivity contribution in [3.05, 3.63) is 52.1 Å². The summed E-state index contributed by atoms with van der Waals surface area (Å²) in [5.74, 6) is 1.05. The van der Waals surface area contributed by atoms with E-state index in [2.05, 4.69) is 4.98 Å². The van der Waals surface area contributed by atoms with Crippen molar-refractivity contribution in [1.82, 2.24) is 4.98 Å². The molecule has 1 aromatic heterocycles. The molecule has 0 radical (unpaired) electrons. The van der Waals surface area contributed by atoms with E-state index in [1.807, 2.05) is 19.1 Å². The highest BCUT2D eigenvalue weighted by atomic mass is 35.5. The van der Waals surface area contributed by atoms with E-state index in [-0.39, 0.29) is 6.04 Å². The van der Waals surface area contributed by atoms with Gasteiger partial charge in [-0.05, 0) is 25.1 Å². The number of hydrogen-bond acceptors (Lipinski definition) is 3. The van der Waals surface area contributed by atoms with Crippen molar-refractivity contribution in [2.45, 2.75) is 13.0 Å². The average molecular weight is 283 g/mol. The molecule has 1 heterocycles. The minimum Gasteiger partial charge on any atom is -0.439 e. The standard InChI is InChI=1S/C13H12Cl2N2O/c1-8(16)10-3-2-6-17-13(10)18-9-4-5-11(14)12(15)7-9/h2-8H,16H2,1H3/t8-/m1/s1. The van der Waals surface area contributed by atoms with Gasteiger partial charge in [-0.15, -0.1) is 0 Å². The van der Waals surface area contributed by atoms with Crippen molar-refractivity contribution in [2.75, 3.05) is 0 Å². The van der Waals surface area contributed by atoms with E-state index in [9.17, 15) is 0 Å². The molecule has 0 aliphatic rings. The molecule has 0 saturated heterocycles. The van der Waals surface area contributed by atoms with Crippen LogP contribution in [0, 0.1) is 0 Å². The zero-order valence-electron chi connectivity index (χ0n) is 9.73. The second-order valence-corrected chi connectivity index (χ2v) is 4.68. The van der Waals surface area contributed by atoms with Crippen LogP contribution in [0.4, 0.5) is 0 Å². The summed E-state index contributed by atoms with van der Waals surface area (Å²) in [7, 11) is 0. The molecule has 0 unspecified atom stereocenters. The predicted octanol–water partition coefficient (Wildman–Crippen LogP) is 4.20. The lowest BCUT2D eigenvalue weighted by atomic mass is 10.1. The Morgan fingerprint density at radius 2 is 2.00 bits per heavy atom. The minimum atomic E-state index is -0.156. The Balaban J connectivity index is 2.31. The van der Waals surface area contributed by atoms with Crippen LogP contribution in [-0.2, 0) is 0 Å². The summed E-state index contributed by atoms with van der Waals surface area (Å²) in [6.07, 6.45) is 1.65. The van der Waals surface area contributed by atoms with E-state index in [1.165, 1.54) is 0 Å². The Bertz CT molecular complexity index is 558. The number of pyridine rings is 1. The number of hydrogen-bond donors (Lipinski definition) is 1. The van der Waals surface area contributed by atoms with Gasteiger partial charge in [-0.25, -0.2) is 4.98 Å². The van der Waals surface area contributed by atoms with Crippen molar-refractivity contribution >= 4 is 23.2 Å². The van der Waals surface area contributed by atoms with E-state index in [1.54, 1.807) is 24.4 Å². The summed E-state index contributed by atoms with van der Waals surface area (Å²) in [5, 5.41) is 0.921. The molecule has 0 saturated carbocycles. The second-order valence-electron chi connectivity index (χ2n) is 3.86. The molecule has 1 aromatic carbocycles. The van der Waals surface area contributed by atoms with E-state index >= 15 is 0 Å². The molecule has 0 amide bonds.